The van der Waals surface area contributed by atoms with Crippen molar-refractivity contribution < 1.29 is 18.3 Å². The normalized spacial score (nSPS) is 14.3. The highest BCUT2D eigenvalue weighted by molar-refractivity contribution is 5.57. The summed E-state index contributed by atoms with van der Waals surface area (Å²) in [5.74, 6) is 0. The number of H-pyrrole nitrogens is 1. The van der Waals surface area contributed by atoms with Gasteiger partial charge in [-0.3, -0.25) is 4.79 Å². The predicted molar refractivity (Wildman–Crippen MR) is 72.1 cm³/mol. The maximum absolute atomic E-state index is 13.1. The molecule has 0 spiro atoms. The monoisotopic (exact) mass is 311 g/mol. The third-order valence-corrected chi connectivity index (χ3v) is 3.71. The van der Waals surface area contributed by atoms with Crippen LogP contribution in [-0.4, -0.2) is 15.3 Å². The van der Waals surface area contributed by atoms with Gasteiger partial charge >= 0.3 is 6.18 Å². The first kappa shape index (κ1) is 14.6. The Labute approximate surface area is 123 Å². The molecule has 0 saturated carbocycles. The molecule has 1 aromatic heterocycles. The van der Waals surface area contributed by atoms with Crippen LogP contribution in [0, 0.1) is 0 Å². The Kier molecular flexibility index (Phi) is 3.40. The Bertz CT molecular complexity index is 771. The van der Waals surface area contributed by atoms with E-state index < -0.39 is 17.3 Å². The van der Waals surface area contributed by atoms with Crippen molar-refractivity contribution in [1.82, 2.24) is 10.2 Å². The van der Waals surface area contributed by atoms with E-state index in [0.29, 0.717) is 5.56 Å². The van der Waals surface area contributed by atoms with E-state index >= 15 is 0 Å². The summed E-state index contributed by atoms with van der Waals surface area (Å²) in [5.41, 5.74) is -0.467. The van der Waals surface area contributed by atoms with E-state index in [2.05, 4.69) is 5.10 Å². The van der Waals surface area contributed by atoms with Crippen molar-refractivity contribution >= 4 is 5.69 Å². The molecule has 2 heterocycles. The van der Waals surface area contributed by atoms with Gasteiger partial charge in [0.05, 0.1) is 18.5 Å². The zero-order chi connectivity index (χ0) is 15.9. The molecule has 8 heteroatoms. The molecule has 2 N–H and O–H groups in total. The van der Waals surface area contributed by atoms with Gasteiger partial charge in [0.1, 0.15) is 5.56 Å². The third kappa shape index (κ3) is 2.35. The summed E-state index contributed by atoms with van der Waals surface area (Å²) in [6, 6.07) is 5.26. The molecule has 0 radical (unpaired) electrons. The summed E-state index contributed by atoms with van der Waals surface area (Å²) in [5, 5.41) is 14.6. The summed E-state index contributed by atoms with van der Waals surface area (Å²) >= 11 is 0. The Morgan fingerprint density at radius 1 is 1.32 bits per heavy atom. The van der Waals surface area contributed by atoms with Gasteiger partial charge in [-0.2, -0.15) is 18.3 Å². The lowest BCUT2D eigenvalue weighted by Crippen LogP contribution is -2.28. The second-order valence-corrected chi connectivity index (χ2v) is 5.03. The van der Waals surface area contributed by atoms with Crippen molar-refractivity contribution in [3.63, 3.8) is 0 Å². The molecule has 0 unspecified atom stereocenters. The van der Waals surface area contributed by atoms with Crippen molar-refractivity contribution in [2.45, 2.75) is 25.9 Å². The Morgan fingerprint density at radius 3 is 2.77 bits per heavy atom. The minimum Gasteiger partial charge on any atom is -0.392 e. The number of hydrogen-bond donors (Lipinski definition) is 2. The van der Waals surface area contributed by atoms with Crippen LogP contribution in [0.4, 0.5) is 18.9 Å². The van der Waals surface area contributed by atoms with Gasteiger partial charge in [0, 0.05) is 13.1 Å². The van der Waals surface area contributed by atoms with Gasteiger partial charge in [-0.25, -0.2) is 5.10 Å². The van der Waals surface area contributed by atoms with Crippen molar-refractivity contribution in [1.29, 1.82) is 0 Å². The number of nitrogens with zero attached hydrogens (tertiary/aromatic N) is 2. The minimum absolute atomic E-state index is 0.184. The number of fused-ring (bicyclic) bond motifs is 1. The average Bonchev–Trinajstić information content (AvgIpc) is 2.89. The Hall–Kier alpha value is -2.35. The van der Waals surface area contributed by atoms with Gasteiger partial charge in [0.25, 0.3) is 5.56 Å². The van der Waals surface area contributed by atoms with E-state index in [9.17, 15) is 23.1 Å². The molecule has 3 rings (SSSR count). The summed E-state index contributed by atoms with van der Waals surface area (Å²) in [4.78, 5) is 13.0. The number of alkyl halides is 3. The van der Waals surface area contributed by atoms with E-state index in [0.717, 1.165) is 17.3 Å². The van der Waals surface area contributed by atoms with Gasteiger partial charge in [-0.15, -0.1) is 0 Å². The fourth-order valence-electron chi connectivity index (χ4n) is 2.71. The van der Waals surface area contributed by atoms with Crippen LogP contribution in [0.25, 0.3) is 0 Å². The van der Waals surface area contributed by atoms with Crippen LogP contribution in [0.3, 0.4) is 0 Å². The highest BCUT2D eigenvalue weighted by Gasteiger charge is 2.39. The molecule has 0 amide bonds. The Balaban J connectivity index is 2.06. The molecular formula is C14H12F3N3O2. The number of aliphatic hydroxyl groups is 1. The molecule has 0 aliphatic carbocycles. The number of aromatic nitrogens is 2. The number of aromatic amines is 1. The van der Waals surface area contributed by atoms with E-state index in [1.165, 1.54) is 4.90 Å². The van der Waals surface area contributed by atoms with Gasteiger partial charge < -0.3 is 10.0 Å². The third-order valence-electron chi connectivity index (χ3n) is 3.71. The number of rotatable bonds is 2. The Morgan fingerprint density at radius 2 is 2.09 bits per heavy atom. The highest BCUT2D eigenvalue weighted by atomic mass is 19.4. The molecule has 5 nitrogen and oxygen atoms in total. The lowest BCUT2D eigenvalue weighted by molar-refractivity contribution is -0.138. The van der Waals surface area contributed by atoms with Crippen LogP contribution in [0.5, 0.6) is 0 Å². The minimum atomic E-state index is -4.76. The van der Waals surface area contributed by atoms with Crippen LogP contribution in [0.2, 0.25) is 0 Å². The number of halogens is 3. The molecule has 1 aliphatic heterocycles. The number of nitrogens with one attached hydrogen (secondary N) is 1. The number of benzene rings is 1. The predicted octanol–water partition coefficient (Wildman–Crippen LogP) is 1.80. The summed E-state index contributed by atoms with van der Waals surface area (Å²) in [7, 11) is 0. The van der Waals surface area contributed by atoms with E-state index in [-0.39, 0.29) is 25.4 Å². The molecular weight excluding hydrogens is 299 g/mol. The highest BCUT2D eigenvalue weighted by Crippen LogP contribution is 2.37. The molecule has 116 valence electrons. The summed E-state index contributed by atoms with van der Waals surface area (Å²) in [6.07, 6.45) is -3.75. The average molecular weight is 311 g/mol. The largest absolute Gasteiger partial charge is 0.423 e. The van der Waals surface area contributed by atoms with Crippen LogP contribution in [0.15, 0.2) is 29.2 Å². The zero-order valence-corrected chi connectivity index (χ0v) is 11.3. The van der Waals surface area contributed by atoms with E-state index in [4.69, 9.17) is 0 Å². The maximum atomic E-state index is 13.1. The van der Waals surface area contributed by atoms with E-state index in [1.807, 2.05) is 5.10 Å². The van der Waals surface area contributed by atoms with Crippen molar-refractivity contribution in [2.24, 2.45) is 0 Å². The first-order valence-electron chi connectivity index (χ1n) is 6.52. The lowest BCUT2D eigenvalue weighted by atomic mass is 10.0. The van der Waals surface area contributed by atoms with Crippen molar-refractivity contribution in [3.05, 3.63) is 57.0 Å². The molecule has 1 aliphatic rings. The first-order chi connectivity index (χ1) is 10.4. The van der Waals surface area contributed by atoms with Gasteiger partial charge in [-0.05, 0) is 16.7 Å². The molecule has 22 heavy (non-hydrogen) atoms. The van der Waals surface area contributed by atoms with Crippen molar-refractivity contribution in [2.75, 3.05) is 4.90 Å². The smallest absolute Gasteiger partial charge is 0.392 e. The summed E-state index contributed by atoms with van der Waals surface area (Å²) in [6.45, 7) is 0.244. The lowest BCUT2D eigenvalue weighted by Gasteiger charge is -2.21. The molecule has 0 fully saturated rings. The standard InChI is InChI=1S/C14H12F3N3O2/c15-14(16,17)12-11(4-18-19-13(12)22)20-5-8-2-1-3-9(7-21)10(8)6-20/h1-4,21H,5-7H2,(H,19,22). The van der Waals surface area contributed by atoms with Crippen molar-refractivity contribution in [3.8, 4) is 0 Å². The maximum Gasteiger partial charge on any atom is 0.423 e. The molecule has 0 bridgehead atoms. The number of hydrogen-bond acceptors (Lipinski definition) is 4. The van der Waals surface area contributed by atoms with Gasteiger partial charge in [-0.1, -0.05) is 18.2 Å². The second kappa shape index (κ2) is 5.13. The molecule has 2 aromatic rings. The first-order valence-corrected chi connectivity index (χ1v) is 6.52. The van der Waals surface area contributed by atoms with Crippen LogP contribution in [0.1, 0.15) is 22.3 Å². The van der Waals surface area contributed by atoms with Crippen LogP contribution >= 0.6 is 0 Å². The molecule has 0 saturated heterocycles. The quantitative estimate of drug-likeness (QED) is 0.887. The fourth-order valence-corrected chi connectivity index (χ4v) is 2.71. The number of anilines is 1. The second-order valence-electron chi connectivity index (χ2n) is 5.03. The van der Waals surface area contributed by atoms with E-state index in [1.54, 1.807) is 18.2 Å². The van der Waals surface area contributed by atoms with Gasteiger partial charge in [0.15, 0.2) is 0 Å². The SMILES string of the molecule is O=c1[nH]ncc(N2Cc3cccc(CO)c3C2)c1C(F)(F)F. The van der Waals surface area contributed by atoms with Crippen LogP contribution in [-0.2, 0) is 25.9 Å². The topological polar surface area (TPSA) is 69.2 Å². The summed E-state index contributed by atoms with van der Waals surface area (Å²) < 4.78 is 39.4. The molecule has 0 atom stereocenters. The zero-order valence-electron chi connectivity index (χ0n) is 11.3. The number of aliphatic hydroxyl groups excluding tert-OH is 1. The molecule has 1 aromatic carbocycles. The fraction of sp³-hybridized carbons (Fsp3) is 0.286. The van der Waals surface area contributed by atoms with Crippen LogP contribution < -0.4 is 10.5 Å². The van der Waals surface area contributed by atoms with Gasteiger partial charge in [0.2, 0.25) is 0 Å².